The number of anilines is 2. The Bertz CT molecular complexity index is 651. The molecule has 0 aliphatic carbocycles. The zero-order chi connectivity index (χ0) is 14.0. The van der Waals surface area contributed by atoms with Gasteiger partial charge < -0.3 is 10.4 Å². The van der Waals surface area contributed by atoms with Crippen LogP contribution in [0.25, 0.3) is 0 Å². The first-order valence-electron chi connectivity index (χ1n) is 5.33. The Hall–Kier alpha value is -2.41. The standard InChI is InChI=1S/C12H10N2O4S/c1-7(15)12-10(16)6-11(19-12)13-8-4-2-3-5-9(8)14(17)18/h2-6,13,16H,1H3. The minimum absolute atomic E-state index is 0.0697. The Morgan fingerprint density at radius 1 is 1.42 bits per heavy atom. The fourth-order valence-corrected chi connectivity index (χ4v) is 2.43. The summed E-state index contributed by atoms with van der Waals surface area (Å²) in [4.78, 5) is 21.8. The number of nitro groups is 1. The number of carbonyl (C=O) groups excluding carboxylic acids is 1. The van der Waals surface area contributed by atoms with Gasteiger partial charge >= 0.3 is 0 Å². The summed E-state index contributed by atoms with van der Waals surface area (Å²) in [6, 6.07) is 7.53. The van der Waals surface area contributed by atoms with Crippen molar-refractivity contribution in [2.24, 2.45) is 0 Å². The van der Waals surface area contributed by atoms with Gasteiger partial charge in [0, 0.05) is 19.1 Å². The number of Topliss-reactive ketones (excluding diaryl/α,β-unsaturated/α-hetero) is 1. The van der Waals surface area contributed by atoms with Gasteiger partial charge in [0.05, 0.1) is 9.92 Å². The first-order chi connectivity index (χ1) is 8.99. The van der Waals surface area contributed by atoms with Crippen LogP contribution in [0.3, 0.4) is 0 Å². The van der Waals surface area contributed by atoms with Crippen molar-refractivity contribution in [2.75, 3.05) is 5.32 Å². The molecule has 0 radical (unpaired) electrons. The molecule has 0 saturated heterocycles. The van der Waals surface area contributed by atoms with Gasteiger partial charge in [0.2, 0.25) is 0 Å². The SMILES string of the molecule is CC(=O)c1sc(Nc2ccccc2[N+](=O)[O-])cc1O. The topological polar surface area (TPSA) is 92.5 Å². The van der Waals surface area contributed by atoms with Crippen LogP contribution < -0.4 is 5.32 Å². The third kappa shape index (κ3) is 2.71. The quantitative estimate of drug-likeness (QED) is 0.508. The Kier molecular flexibility index (Phi) is 3.48. The summed E-state index contributed by atoms with van der Waals surface area (Å²) in [5.74, 6) is -0.378. The van der Waals surface area contributed by atoms with Crippen molar-refractivity contribution in [3.63, 3.8) is 0 Å². The number of nitrogens with one attached hydrogen (secondary N) is 1. The van der Waals surface area contributed by atoms with E-state index in [9.17, 15) is 20.0 Å². The summed E-state index contributed by atoms with van der Waals surface area (Å²) in [6.45, 7) is 1.35. The van der Waals surface area contributed by atoms with E-state index in [1.54, 1.807) is 18.2 Å². The number of aromatic hydroxyl groups is 1. The third-order valence-electron chi connectivity index (χ3n) is 2.39. The number of benzene rings is 1. The number of ketones is 1. The Balaban J connectivity index is 2.34. The lowest BCUT2D eigenvalue weighted by Gasteiger charge is -2.03. The summed E-state index contributed by atoms with van der Waals surface area (Å²) < 4.78 is 0. The molecule has 0 spiro atoms. The Morgan fingerprint density at radius 2 is 2.11 bits per heavy atom. The maximum Gasteiger partial charge on any atom is 0.292 e. The predicted molar refractivity (Wildman–Crippen MR) is 72.4 cm³/mol. The first-order valence-corrected chi connectivity index (χ1v) is 6.15. The monoisotopic (exact) mass is 278 g/mol. The average molecular weight is 278 g/mol. The van der Waals surface area contributed by atoms with Crippen molar-refractivity contribution < 1.29 is 14.8 Å². The van der Waals surface area contributed by atoms with Crippen LogP contribution in [0, 0.1) is 10.1 Å². The van der Waals surface area contributed by atoms with E-state index in [-0.39, 0.29) is 22.1 Å². The molecule has 2 rings (SSSR count). The number of nitrogens with zero attached hydrogens (tertiary/aromatic N) is 1. The summed E-state index contributed by atoms with van der Waals surface area (Å²) in [5.41, 5.74) is 0.239. The molecule has 0 atom stereocenters. The van der Waals surface area contributed by atoms with Crippen molar-refractivity contribution in [1.29, 1.82) is 0 Å². The van der Waals surface area contributed by atoms with E-state index in [0.29, 0.717) is 10.7 Å². The summed E-state index contributed by atoms with van der Waals surface area (Å²) in [5, 5.41) is 23.7. The van der Waals surface area contributed by atoms with Crippen LogP contribution in [0.1, 0.15) is 16.6 Å². The molecule has 6 nitrogen and oxygen atoms in total. The van der Waals surface area contributed by atoms with Gasteiger partial charge in [-0.3, -0.25) is 14.9 Å². The van der Waals surface area contributed by atoms with Crippen LogP contribution in [-0.4, -0.2) is 15.8 Å². The highest BCUT2D eigenvalue weighted by Crippen LogP contribution is 2.36. The van der Waals surface area contributed by atoms with Gasteiger partial charge in [-0.25, -0.2) is 0 Å². The van der Waals surface area contributed by atoms with E-state index < -0.39 is 4.92 Å². The highest BCUT2D eigenvalue weighted by atomic mass is 32.1. The molecule has 98 valence electrons. The van der Waals surface area contributed by atoms with Crippen LogP contribution in [-0.2, 0) is 0 Å². The number of para-hydroxylation sites is 2. The van der Waals surface area contributed by atoms with Crippen molar-refractivity contribution >= 4 is 33.5 Å². The molecular weight excluding hydrogens is 268 g/mol. The van der Waals surface area contributed by atoms with Gasteiger partial charge in [0.15, 0.2) is 5.78 Å². The van der Waals surface area contributed by atoms with Crippen molar-refractivity contribution in [2.45, 2.75) is 6.92 Å². The molecule has 1 heterocycles. The van der Waals surface area contributed by atoms with Gasteiger partial charge in [-0.15, -0.1) is 11.3 Å². The molecule has 0 fully saturated rings. The molecular formula is C12H10N2O4S. The Labute approximate surface area is 112 Å². The molecule has 2 aromatic rings. The van der Waals surface area contributed by atoms with E-state index in [1.165, 1.54) is 19.1 Å². The second-order valence-corrected chi connectivity index (χ2v) is 4.83. The number of rotatable bonds is 4. The molecule has 0 bridgehead atoms. The summed E-state index contributed by atoms with van der Waals surface area (Å²) in [7, 11) is 0. The molecule has 1 aromatic carbocycles. The molecule has 19 heavy (non-hydrogen) atoms. The molecule has 0 aliphatic rings. The molecule has 0 amide bonds. The van der Waals surface area contributed by atoms with Crippen LogP contribution in [0.5, 0.6) is 5.75 Å². The molecule has 0 saturated carbocycles. The summed E-state index contributed by atoms with van der Waals surface area (Å²) >= 11 is 1.05. The fourth-order valence-electron chi connectivity index (χ4n) is 1.57. The lowest BCUT2D eigenvalue weighted by Crippen LogP contribution is -1.95. The smallest absolute Gasteiger partial charge is 0.292 e. The average Bonchev–Trinajstić information content (AvgIpc) is 2.71. The van der Waals surface area contributed by atoms with Gasteiger partial charge in [-0.05, 0) is 6.07 Å². The van der Waals surface area contributed by atoms with E-state index in [0.717, 1.165) is 11.3 Å². The Morgan fingerprint density at radius 3 is 2.68 bits per heavy atom. The van der Waals surface area contributed by atoms with Gasteiger partial charge in [0.1, 0.15) is 16.3 Å². The number of nitro benzene ring substituents is 1. The van der Waals surface area contributed by atoms with Gasteiger partial charge in [-0.2, -0.15) is 0 Å². The molecule has 7 heteroatoms. The third-order valence-corrected chi connectivity index (χ3v) is 3.53. The molecule has 0 unspecified atom stereocenters. The van der Waals surface area contributed by atoms with Crippen molar-refractivity contribution in [3.8, 4) is 5.75 Å². The van der Waals surface area contributed by atoms with E-state index in [1.807, 2.05) is 0 Å². The predicted octanol–water partition coefficient (Wildman–Crippen LogP) is 3.31. The van der Waals surface area contributed by atoms with Crippen LogP contribution in [0.2, 0.25) is 0 Å². The zero-order valence-electron chi connectivity index (χ0n) is 9.91. The van der Waals surface area contributed by atoms with Crippen molar-refractivity contribution in [3.05, 3.63) is 45.3 Å². The number of carbonyl (C=O) groups is 1. The summed E-state index contributed by atoms with van der Waals surface area (Å²) in [6.07, 6.45) is 0. The van der Waals surface area contributed by atoms with Crippen LogP contribution in [0.15, 0.2) is 30.3 Å². The molecule has 2 N–H and O–H groups in total. The molecule has 1 aromatic heterocycles. The maximum atomic E-state index is 11.2. The highest BCUT2D eigenvalue weighted by molar-refractivity contribution is 7.18. The van der Waals surface area contributed by atoms with Gasteiger partial charge in [-0.1, -0.05) is 12.1 Å². The number of hydrogen-bond acceptors (Lipinski definition) is 6. The lowest BCUT2D eigenvalue weighted by molar-refractivity contribution is -0.383. The maximum absolute atomic E-state index is 11.2. The number of hydrogen-bond donors (Lipinski definition) is 2. The number of thiophene rings is 1. The van der Waals surface area contributed by atoms with E-state index >= 15 is 0 Å². The van der Waals surface area contributed by atoms with E-state index in [4.69, 9.17) is 0 Å². The molecule has 0 aliphatic heterocycles. The highest BCUT2D eigenvalue weighted by Gasteiger charge is 2.16. The first kappa shape index (κ1) is 13.0. The van der Waals surface area contributed by atoms with Crippen LogP contribution >= 0.6 is 11.3 Å². The normalized spacial score (nSPS) is 10.2. The largest absolute Gasteiger partial charge is 0.506 e. The van der Waals surface area contributed by atoms with E-state index in [2.05, 4.69) is 5.32 Å². The van der Waals surface area contributed by atoms with Gasteiger partial charge in [0.25, 0.3) is 5.69 Å². The second-order valence-electron chi connectivity index (χ2n) is 3.78. The lowest BCUT2D eigenvalue weighted by atomic mass is 10.2. The fraction of sp³-hybridized carbons (Fsp3) is 0.0833. The zero-order valence-corrected chi connectivity index (χ0v) is 10.7. The minimum Gasteiger partial charge on any atom is -0.506 e. The second kappa shape index (κ2) is 5.07. The van der Waals surface area contributed by atoms with Crippen molar-refractivity contribution in [1.82, 2.24) is 0 Å². The van der Waals surface area contributed by atoms with Crippen LogP contribution in [0.4, 0.5) is 16.4 Å². The minimum atomic E-state index is -0.498.